The van der Waals surface area contributed by atoms with Crippen molar-refractivity contribution >= 4 is 0 Å². The molecular formula is C19H24O2. The van der Waals surface area contributed by atoms with Gasteiger partial charge in [0, 0.05) is 17.5 Å². The molecule has 0 bridgehead atoms. The van der Waals surface area contributed by atoms with Crippen LogP contribution in [0.1, 0.15) is 33.4 Å². The predicted octanol–water partition coefficient (Wildman–Crippen LogP) is 4.53. The van der Waals surface area contributed by atoms with E-state index in [4.69, 9.17) is 9.47 Å². The summed E-state index contributed by atoms with van der Waals surface area (Å²) in [6.07, 6.45) is 0.824. The lowest BCUT2D eigenvalue weighted by molar-refractivity contribution is 0.404. The van der Waals surface area contributed by atoms with Crippen LogP contribution in [-0.4, -0.2) is 14.2 Å². The summed E-state index contributed by atoms with van der Waals surface area (Å²) in [5.74, 6) is 1.91. The summed E-state index contributed by atoms with van der Waals surface area (Å²) in [4.78, 5) is 0. The van der Waals surface area contributed by atoms with Gasteiger partial charge in [-0.15, -0.1) is 0 Å². The van der Waals surface area contributed by atoms with Gasteiger partial charge in [0.15, 0.2) is 0 Å². The van der Waals surface area contributed by atoms with Crippen molar-refractivity contribution < 1.29 is 9.47 Å². The van der Waals surface area contributed by atoms with Crippen LogP contribution in [-0.2, 0) is 6.42 Å². The predicted molar refractivity (Wildman–Crippen MR) is 87.7 cm³/mol. The third kappa shape index (κ3) is 3.21. The van der Waals surface area contributed by atoms with Crippen molar-refractivity contribution in [3.05, 3.63) is 57.6 Å². The molecule has 0 aliphatic carbocycles. The van der Waals surface area contributed by atoms with E-state index in [1.165, 1.54) is 33.4 Å². The van der Waals surface area contributed by atoms with E-state index in [1.807, 2.05) is 0 Å². The highest BCUT2D eigenvalue weighted by atomic mass is 16.5. The fourth-order valence-corrected chi connectivity index (χ4v) is 2.91. The molecule has 0 fully saturated rings. The highest BCUT2D eigenvalue weighted by molar-refractivity contribution is 5.51. The van der Waals surface area contributed by atoms with E-state index in [0.29, 0.717) is 0 Å². The summed E-state index contributed by atoms with van der Waals surface area (Å²) in [6, 6.07) is 8.60. The third-order valence-corrected chi connectivity index (χ3v) is 3.95. The van der Waals surface area contributed by atoms with E-state index >= 15 is 0 Å². The minimum atomic E-state index is 0.824. The van der Waals surface area contributed by atoms with Crippen molar-refractivity contribution in [1.29, 1.82) is 0 Å². The lowest BCUT2D eigenvalue weighted by Gasteiger charge is -2.17. The van der Waals surface area contributed by atoms with E-state index in [1.54, 1.807) is 14.2 Å². The maximum Gasteiger partial charge on any atom is 0.122 e. The average molecular weight is 284 g/mol. The van der Waals surface area contributed by atoms with Crippen molar-refractivity contribution in [2.75, 3.05) is 14.2 Å². The fraction of sp³-hybridized carbons (Fsp3) is 0.368. The number of hydrogen-bond acceptors (Lipinski definition) is 2. The van der Waals surface area contributed by atoms with Crippen LogP contribution in [0.4, 0.5) is 0 Å². The molecule has 2 nitrogen and oxygen atoms in total. The monoisotopic (exact) mass is 284 g/mol. The van der Waals surface area contributed by atoms with Gasteiger partial charge in [-0.1, -0.05) is 12.1 Å². The number of benzene rings is 2. The van der Waals surface area contributed by atoms with Crippen LogP contribution in [0.3, 0.4) is 0 Å². The Morgan fingerprint density at radius 1 is 0.667 bits per heavy atom. The number of rotatable bonds is 4. The molecule has 2 aromatic carbocycles. The first-order chi connectivity index (χ1) is 9.96. The lowest BCUT2D eigenvalue weighted by atomic mass is 9.93. The molecule has 112 valence electrons. The van der Waals surface area contributed by atoms with Crippen molar-refractivity contribution in [3.8, 4) is 11.5 Å². The number of hydrogen-bond donors (Lipinski definition) is 0. The Kier molecular flexibility index (Phi) is 4.56. The number of aryl methyl sites for hydroxylation is 4. The zero-order valence-corrected chi connectivity index (χ0v) is 13.8. The average Bonchev–Trinajstić information content (AvgIpc) is 2.42. The van der Waals surface area contributed by atoms with Gasteiger partial charge < -0.3 is 9.47 Å². The second-order valence-electron chi connectivity index (χ2n) is 5.70. The molecule has 2 rings (SSSR count). The summed E-state index contributed by atoms with van der Waals surface area (Å²) < 4.78 is 11.2. The minimum absolute atomic E-state index is 0.824. The Balaban J connectivity index is 2.53. The molecule has 0 N–H and O–H groups in total. The highest BCUT2D eigenvalue weighted by Gasteiger charge is 2.14. The van der Waals surface area contributed by atoms with Gasteiger partial charge in [0.05, 0.1) is 14.2 Å². The summed E-state index contributed by atoms with van der Waals surface area (Å²) in [6.45, 7) is 8.47. The molecule has 0 aliphatic heterocycles. The molecule has 21 heavy (non-hydrogen) atoms. The van der Waals surface area contributed by atoms with Gasteiger partial charge in [-0.25, -0.2) is 0 Å². The molecule has 0 atom stereocenters. The number of ether oxygens (including phenoxy) is 2. The molecule has 0 unspecified atom stereocenters. The zero-order valence-electron chi connectivity index (χ0n) is 13.8. The van der Waals surface area contributed by atoms with Crippen LogP contribution in [0, 0.1) is 27.7 Å². The molecule has 0 saturated heterocycles. The van der Waals surface area contributed by atoms with Gasteiger partial charge in [0.25, 0.3) is 0 Å². The highest BCUT2D eigenvalue weighted by Crippen LogP contribution is 2.32. The number of methoxy groups -OCH3 is 2. The zero-order chi connectivity index (χ0) is 15.6. The summed E-state index contributed by atoms with van der Waals surface area (Å²) in [5.41, 5.74) is 7.42. The Morgan fingerprint density at radius 3 is 1.38 bits per heavy atom. The Labute approximate surface area is 127 Å². The van der Waals surface area contributed by atoms with Crippen LogP contribution >= 0.6 is 0 Å². The SMILES string of the molecule is COc1cc(C)cc(C)c1Cc1c(C)cc(C)cc1OC. The van der Waals surface area contributed by atoms with E-state index < -0.39 is 0 Å². The van der Waals surface area contributed by atoms with E-state index in [-0.39, 0.29) is 0 Å². The van der Waals surface area contributed by atoms with Crippen molar-refractivity contribution in [2.24, 2.45) is 0 Å². The van der Waals surface area contributed by atoms with Crippen molar-refractivity contribution in [3.63, 3.8) is 0 Å². The Hall–Kier alpha value is -1.96. The van der Waals surface area contributed by atoms with Crippen LogP contribution in [0.15, 0.2) is 24.3 Å². The van der Waals surface area contributed by atoms with Gasteiger partial charge in [0.1, 0.15) is 11.5 Å². The minimum Gasteiger partial charge on any atom is -0.496 e. The Bertz CT molecular complexity index is 600. The first kappa shape index (κ1) is 15.4. The molecule has 0 saturated carbocycles. The normalized spacial score (nSPS) is 10.6. The molecule has 0 heterocycles. The van der Waals surface area contributed by atoms with E-state index in [9.17, 15) is 0 Å². The van der Waals surface area contributed by atoms with Gasteiger partial charge in [-0.2, -0.15) is 0 Å². The second-order valence-corrected chi connectivity index (χ2v) is 5.70. The molecule has 0 radical (unpaired) electrons. The van der Waals surface area contributed by atoms with E-state index in [2.05, 4.69) is 52.0 Å². The molecular weight excluding hydrogens is 260 g/mol. The molecule has 0 spiro atoms. The quantitative estimate of drug-likeness (QED) is 0.821. The molecule has 0 amide bonds. The van der Waals surface area contributed by atoms with Crippen LogP contribution < -0.4 is 9.47 Å². The largest absolute Gasteiger partial charge is 0.496 e. The van der Waals surface area contributed by atoms with Gasteiger partial charge in [0.2, 0.25) is 0 Å². The molecule has 0 aromatic heterocycles. The van der Waals surface area contributed by atoms with Crippen LogP contribution in [0.2, 0.25) is 0 Å². The van der Waals surface area contributed by atoms with Gasteiger partial charge >= 0.3 is 0 Å². The fourth-order valence-electron chi connectivity index (χ4n) is 2.91. The second kappa shape index (κ2) is 6.21. The van der Waals surface area contributed by atoms with E-state index in [0.717, 1.165) is 17.9 Å². The topological polar surface area (TPSA) is 18.5 Å². The van der Waals surface area contributed by atoms with Gasteiger partial charge in [-0.3, -0.25) is 0 Å². The summed E-state index contributed by atoms with van der Waals surface area (Å²) in [5, 5.41) is 0. The standard InChI is InChI=1S/C19H24O2/c1-12-7-14(3)16(18(9-12)20-5)11-17-15(4)8-13(2)10-19(17)21-6/h7-10H,11H2,1-6H3. The summed E-state index contributed by atoms with van der Waals surface area (Å²) >= 11 is 0. The molecule has 2 heteroatoms. The first-order valence-electron chi connectivity index (χ1n) is 7.24. The third-order valence-electron chi connectivity index (χ3n) is 3.95. The molecule has 2 aromatic rings. The first-order valence-corrected chi connectivity index (χ1v) is 7.24. The van der Waals surface area contributed by atoms with Gasteiger partial charge in [-0.05, 0) is 62.1 Å². The van der Waals surface area contributed by atoms with Crippen molar-refractivity contribution in [2.45, 2.75) is 34.1 Å². The smallest absolute Gasteiger partial charge is 0.122 e. The lowest BCUT2D eigenvalue weighted by Crippen LogP contribution is -2.02. The molecule has 0 aliphatic rings. The summed E-state index contributed by atoms with van der Waals surface area (Å²) in [7, 11) is 3.47. The van der Waals surface area contributed by atoms with Crippen LogP contribution in [0.25, 0.3) is 0 Å². The van der Waals surface area contributed by atoms with Crippen molar-refractivity contribution in [1.82, 2.24) is 0 Å². The Morgan fingerprint density at radius 2 is 1.05 bits per heavy atom. The van der Waals surface area contributed by atoms with Crippen LogP contribution in [0.5, 0.6) is 11.5 Å². The maximum atomic E-state index is 5.58. The maximum absolute atomic E-state index is 5.58.